The van der Waals surface area contributed by atoms with Crippen LogP contribution in [0.3, 0.4) is 0 Å². The molecule has 2 rings (SSSR count). The van der Waals surface area contributed by atoms with E-state index in [0.29, 0.717) is 24.3 Å². The number of carbonyl (C=O) groups excluding carboxylic acids is 1. The van der Waals surface area contributed by atoms with E-state index in [1.54, 1.807) is 11.0 Å². The number of aryl methyl sites for hydroxylation is 1. The number of carbonyl (C=O) groups is 2. The van der Waals surface area contributed by atoms with Crippen LogP contribution in [0.15, 0.2) is 16.7 Å². The van der Waals surface area contributed by atoms with E-state index in [9.17, 15) is 14.7 Å². The monoisotopic (exact) mass is 293 g/mol. The van der Waals surface area contributed by atoms with Crippen molar-refractivity contribution in [3.63, 3.8) is 0 Å². The van der Waals surface area contributed by atoms with Crippen LogP contribution in [-0.4, -0.2) is 35.0 Å². The minimum atomic E-state index is -0.829. The second-order valence-electron chi connectivity index (χ2n) is 6.10. The zero-order chi connectivity index (χ0) is 15.6. The maximum Gasteiger partial charge on any atom is 0.311 e. The molecule has 0 radical (unpaired) electrons. The van der Waals surface area contributed by atoms with E-state index >= 15 is 0 Å². The number of nitrogens with zero attached hydrogens (tertiary/aromatic N) is 1. The molecule has 1 atom stereocenters. The second kappa shape index (κ2) is 5.92. The zero-order valence-corrected chi connectivity index (χ0v) is 12.9. The van der Waals surface area contributed by atoms with E-state index in [0.717, 1.165) is 12.8 Å². The van der Waals surface area contributed by atoms with Gasteiger partial charge >= 0.3 is 5.97 Å². The van der Waals surface area contributed by atoms with Crippen LogP contribution in [0.2, 0.25) is 0 Å². The average Bonchev–Trinajstić information content (AvgIpc) is 3.05. The zero-order valence-electron chi connectivity index (χ0n) is 12.9. The van der Waals surface area contributed by atoms with Crippen LogP contribution in [-0.2, 0) is 11.2 Å². The van der Waals surface area contributed by atoms with Gasteiger partial charge in [-0.2, -0.15) is 0 Å². The first-order valence-electron chi connectivity index (χ1n) is 7.51. The van der Waals surface area contributed by atoms with Gasteiger partial charge in [0.2, 0.25) is 0 Å². The van der Waals surface area contributed by atoms with Crippen LogP contribution >= 0.6 is 0 Å². The number of furan rings is 1. The Morgan fingerprint density at radius 2 is 2.19 bits per heavy atom. The standard InChI is InChI=1S/C16H23NO4/c1-4-5-13-12(6-9-21-13)14(18)17-8-7-16(10-17,11(2)3)15(19)20/h6,9,11H,4-5,7-8,10H2,1-3H3,(H,19,20). The lowest BCUT2D eigenvalue weighted by atomic mass is 9.76. The molecule has 1 N–H and O–H groups in total. The molecule has 1 fully saturated rings. The first-order valence-corrected chi connectivity index (χ1v) is 7.51. The normalized spacial score (nSPS) is 22.0. The van der Waals surface area contributed by atoms with Gasteiger partial charge in [0.15, 0.2) is 0 Å². The summed E-state index contributed by atoms with van der Waals surface area (Å²) < 4.78 is 5.37. The summed E-state index contributed by atoms with van der Waals surface area (Å²) in [5.41, 5.74) is -0.258. The molecule has 0 aliphatic carbocycles. The van der Waals surface area contributed by atoms with Crippen molar-refractivity contribution in [2.24, 2.45) is 11.3 Å². The summed E-state index contributed by atoms with van der Waals surface area (Å²) >= 11 is 0. The molecule has 5 heteroatoms. The molecule has 1 aromatic rings. The van der Waals surface area contributed by atoms with Gasteiger partial charge < -0.3 is 14.4 Å². The Kier molecular flexibility index (Phi) is 4.40. The van der Waals surface area contributed by atoms with Crippen molar-refractivity contribution in [1.82, 2.24) is 4.90 Å². The SMILES string of the molecule is CCCc1occc1C(=O)N1CCC(C(=O)O)(C(C)C)C1. The predicted octanol–water partition coefficient (Wildman–Crippen LogP) is 2.81. The number of carboxylic acids is 1. The highest BCUT2D eigenvalue weighted by Crippen LogP contribution is 2.38. The molecule has 1 aromatic heterocycles. The fraction of sp³-hybridized carbons (Fsp3) is 0.625. The van der Waals surface area contributed by atoms with Gasteiger partial charge in [0.25, 0.3) is 5.91 Å². The van der Waals surface area contributed by atoms with Gasteiger partial charge in [-0.1, -0.05) is 20.8 Å². The van der Waals surface area contributed by atoms with Gasteiger partial charge in [-0.25, -0.2) is 0 Å². The van der Waals surface area contributed by atoms with E-state index in [1.807, 2.05) is 20.8 Å². The fourth-order valence-corrected chi connectivity index (χ4v) is 3.02. The lowest BCUT2D eigenvalue weighted by Gasteiger charge is -2.28. The van der Waals surface area contributed by atoms with Crippen LogP contribution < -0.4 is 0 Å². The molecule has 5 nitrogen and oxygen atoms in total. The fourth-order valence-electron chi connectivity index (χ4n) is 3.02. The molecule has 0 spiro atoms. The molecule has 0 saturated carbocycles. The number of aliphatic carboxylic acids is 1. The summed E-state index contributed by atoms with van der Waals surface area (Å²) in [6.07, 6.45) is 3.66. The van der Waals surface area contributed by atoms with Crippen LogP contribution in [0.25, 0.3) is 0 Å². The minimum absolute atomic E-state index is 0.00716. The molecule has 1 unspecified atom stereocenters. The Balaban J connectivity index is 2.19. The number of likely N-dealkylation sites (tertiary alicyclic amines) is 1. The molecular formula is C16H23NO4. The van der Waals surface area contributed by atoms with Gasteiger partial charge in [-0.3, -0.25) is 9.59 Å². The molecule has 1 aliphatic rings. The number of amides is 1. The molecule has 21 heavy (non-hydrogen) atoms. The van der Waals surface area contributed by atoms with Gasteiger partial charge in [0.1, 0.15) is 5.76 Å². The summed E-state index contributed by atoms with van der Waals surface area (Å²) in [6, 6.07) is 1.68. The highest BCUT2D eigenvalue weighted by atomic mass is 16.4. The Labute approximate surface area is 124 Å². The van der Waals surface area contributed by atoms with Gasteiger partial charge in [-0.15, -0.1) is 0 Å². The highest BCUT2D eigenvalue weighted by molar-refractivity contribution is 5.96. The molecule has 2 heterocycles. The lowest BCUT2D eigenvalue weighted by Crippen LogP contribution is -2.40. The van der Waals surface area contributed by atoms with E-state index in [4.69, 9.17) is 4.42 Å². The number of hydrogen-bond donors (Lipinski definition) is 1. The predicted molar refractivity (Wildman–Crippen MR) is 78.1 cm³/mol. The quantitative estimate of drug-likeness (QED) is 0.906. The summed E-state index contributed by atoms with van der Waals surface area (Å²) in [4.78, 5) is 25.9. The van der Waals surface area contributed by atoms with Crippen LogP contribution in [0, 0.1) is 11.3 Å². The maximum atomic E-state index is 12.6. The molecule has 116 valence electrons. The molecule has 1 aliphatic heterocycles. The Morgan fingerprint density at radius 3 is 2.71 bits per heavy atom. The second-order valence-corrected chi connectivity index (χ2v) is 6.10. The summed E-state index contributed by atoms with van der Waals surface area (Å²) in [5.74, 6) is -0.239. The third-order valence-electron chi connectivity index (χ3n) is 4.57. The number of hydrogen-bond acceptors (Lipinski definition) is 3. The van der Waals surface area contributed by atoms with Gasteiger partial charge in [0, 0.05) is 19.5 Å². The van der Waals surface area contributed by atoms with Gasteiger partial charge in [0.05, 0.1) is 17.2 Å². The maximum absolute atomic E-state index is 12.6. The highest BCUT2D eigenvalue weighted by Gasteiger charge is 2.48. The van der Waals surface area contributed by atoms with Crippen molar-refractivity contribution >= 4 is 11.9 Å². The number of rotatable bonds is 5. The van der Waals surface area contributed by atoms with E-state index in [1.165, 1.54) is 6.26 Å². The summed E-state index contributed by atoms with van der Waals surface area (Å²) in [5, 5.41) is 9.55. The number of carboxylic acid groups (broad SMARTS) is 1. The average molecular weight is 293 g/mol. The van der Waals surface area contributed by atoms with Crippen LogP contribution in [0.5, 0.6) is 0 Å². The molecule has 1 amide bonds. The van der Waals surface area contributed by atoms with E-state index in [-0.39, 0.29) is 18.4 Å². The summed E-state index contributed by atoms with van der Waals surface area (Å²) in [6.45, 7) is 6.60. The summed E-state index contributed by atoms with van der Waals surface area (Å²) in [7, 11) is 0. The molecular weight excluding hydrogens is 270 g/mol. The largest absolute Gasteiger partial charge is 0.481 e. The van der Waals surface area contributed by atoms with Gasteiger partial charge in [-0.05, 0) is 24.8 Å². The first-order chi connectivity index (χ1) is 9.92. The van der Waals surface area contributed by atoms with Crippen molar-refractivity contribution in [1.29, 1.82) is 0 Å². The van der Waals surface area contributed by atoms with Crippen molar-refractivity contribution < 1.29 is 19.1 Å². The Hall–Kier alpha value is -1.78. The van der Waals surface area contributed by atoms with Crippen LogP contribution in [0.1, 0.15) is 49.7 Å². The first kappa shape index (κ1) is 15.6. The third-order valence-corrected chi connectivity index (χ3v) is 4.57. The van der Waals surface area contributed by atoms with Crippen molar-refractivity contribution in [2.45, 2.75) is 40.0 Å². The molecule has 0 aromatic carbocycles. The Bertz CT molecular complexity index is 534. The van der Waals surface area contributed by atoms with Crippen molar-refractivity contribution in [3.8, 4) is 0 Å². The smallest absolute Gasteiger partial charge is 0.311 e. The van der Waals surface area contributed by atoms with Crippen molar-refractivity contribution in [2.75, 3.05) is 13.1 Å². The Morgan fingerprint density at radius 1 is 1.48 bits per heavy atom. The van der Waals surface area contributed by atoms with E-state index in [2.05, 4.69) is 0 Å². The molecule has 1 saturated heterocycles. The van der Waals surface area contributed by atoms with Crippen molar-refractivity contribution in [3.05, 3.63) is 23.7 Å². The minimum Gasteiger partial charge on any atom is -0.481 e. The van der Waals surface area contributed by atoms with Crippen LogP contribution in [0.4, 0.5) is 0 Å². The van der Waals surface area contributed by atoms with E-state index < -0.39 is 11.4 Å². The lowest BCUT2D eigenvalue weighted by molar-refractivity contribution is -0.150. The molecule has 0 bridgehead atoms. The topological polar surface area (TPSA) is 70.8 Å². The third kappa shape index (κ3) is 2.69.